The first-order chi connectivity index (χ1) is 8.02. The lowest BCUT2D eigenvalue weighted by Gasteiger charge is -2.16. The molecule has 2 aromatic rings. The maximum Gasteiger partial charge on any atom is 0.0729 e. The summed E-state index contributed by atoms with van der Waals surface area (Å²) >= 11 is 1.77. The van der Waals surface area contributed by atoms with Gasteiger partial charge in [0, 0.05) is 10.9 Å². The molecule has 1 aromatic carbocycles. The van der Waals surface area contributed by atoms with Gasteiger partial charge in [0.2, 0.25) is 0 Å². The summed E-state index contributed by atoms with van der Waals surface area (Å²) < 4.78 is 0. The number of benzene rings is 1. The van der Waals surface area contributed by atoms with Crippen LogP contribution in [-0.2, 0) is 0 Å². The Balaban J connectivity index is 2.65. The number of fused-ring (bicyclic) bond motifs is 1. The molecule has 0 amide bonds. The normalized spacial score (nSPS) is 11.9. The van der Waals surface area contributed by atoms with Gasteiger partial charge in [-0.1, -0.05) is 27.7 Å². The summed E-state index contributed by atoms with van der Waals surface area (Å²) in [5, 5.41) is 2.58. The van der Waals surface area contributed by atoms with Crippen molar-refractivity contribution in [3.05, 3.63) is 29.3 Å². The molecule has 0 spiro atoms. The van der Waals surface area contributed by atoms with Crippen LogP contribution in [-0.4, -0.2) is 11.2 Å². The zero-order valence-corrected chi connectivity index (χ0v) is 12.1. The van der Waals surface area contributed by atoms with E-state index in [2.05, 4.69) is 57.1 Å². The lowest BCUT2D eigenvalue weighted by molar-refractivity contribution is 0.792. The molecule has 0 atom stereocenters. The molecule has 0 fully saturated rings. The second kappa shape index (κ2) is 4.77. The molecular weight excluding hydrogens is 226 g/mol. The predicted octanol–water partition coefficient (Wildman–Crippen LogP) is 5.14. The number of rotatable bonds is 3. The van der Waals surface area contributed by atoms with Gasteiger partial charge in [0.25, 0.3) is 0 Å². The summed E-state index contributed by atoms with van der Waals surface area (Å²) in [4.78, 5) is 3.47. The van der Waals surface area contributed by atoms with Crippen molar-refractivity contribution in [3.8, 4) is 0 Å². The number of aromatic nitrogens is 1. The third-order valence-corrected chi connectivity index (χ3v) is 3.92. The minimum Gasteiger partial charge on any atom is -0.350 e. The van der Waals surface area contributed by atoms with E-state index in [1.807, 2.05) is 0 Å². The molecule has 0 aliphatic carbocycles. The predicted molar refractivity (Wildman–Crippen MR) is 78.3 cm³/mol. The molecule has 0 aliphatic rings. The Morgan fingerprint density at radius 1 is 0.941 bits per heavy atom. The highest BCUT2D eigenvalue weighted by Crippen LogP contribution is 2.32. The van der Waals surface area contributed by atoms with Gasteiger partial charge < -0.3 is 4.98 Å². The lowest BCUT2D eigenvalue weighted by atomic mass is 9.89. The van der Waals surface area contributed by atoms with Crippen molar-refractivity contribution in [1.29, 1.82) is 0 Å². The third-order valence-electron chi connectivity index (χ3n) is 3.26. The molecule has 0 unspecified atom stereocenters. The topological polar surface area (TPSA) is 15.8 Å². The van der Waals surface area contributed by atoms with Gasteiger partial charge in [-0.3, -0.25) is 0 Å². The van der Waals surface area contributed by atoms with Gasteiger partial charge in [0.15, 0.2) is 0 Å². The first kappa shape index (κ1) is 12.6. The molecule has 0 bridgehead atoms. The number of hydrogen-bond donors (Lipinski definition) is 1. The molecule has 1 nitrogen and oxygen atoms in total. The highest BCUT2D eigenvalue weighted by atomic mass is 32.2. The minimum absolute atomic E-state index is 0.581. The number of thioether (sulfide) groups is 1. The van der Waals surface area contributed by atoms with Gasteiger partial charge in [0.1, 0.15) is 0 Å². The smallest absolute Gasteiger partial charge is 0.0729 e. The molecule has 1 N–H and O–H groups in total. The highest BCUT2D eigenvalue weighted by Gasteiger charge is 2.12. The Morgan fingerprint density at radius 3 is 2.06 bits per heavy atom. The summed E-state index contributed by atoms with van der Waals surface area (Å²) in [6, 6.07) is 6.93. The van der Waals surface area contributed by atoms with Crippen molar-refractivity contribution in [2.75, 3.05) is 6.26 Å². The van der Waals surface area contributed by atoms with Gasteiger partial charge in [-0.25, -0.2) is 0 Å². The van der Waals surface area contributed by atoms with Gasteiger partial charge in [-0.05, 0) is 47.4 Å². The molecule has 17 heavy (non-hydrogen) atoms. The SMILES string of the molecule is CSc1cc2cc(C(C)C)c(C(C)C)cc2[nH]1. The molecule has 0 saturated heterocycles. The highest BCUT2D eigenvalue weighted by molar-refractivity contribution is 7.98. The molecule has 2 rings (SSSR count). The van der Waals surface area contributed by atoms with Crippen molar-refractivity contribution in [3.63, 3.8) is 0 Å². The average molecular weight is 247 g/mol. The molecular formula is C15H21NS. The molecule has 1 heterocycles. The fourth-order valence-electron chi connectivity index (χ4n) is 2.30. The molecule has 0 aliphatic heterocycles. The van der Waals surface area contributed by atoms with Crippen LogP contribution in [0.2, 0.25) is 0 Å². The standard InChI is InChI=1S/C15H21NS/c1-9(2)12-6-11-7-15(17-5)16-14(11)8-13(12)10(3)4/h6-10,16H,1-5H3. The van der Waals surface area contributed by atoms with Crippen LogP contribution in [0.3, 0.4) is 0 Å². The van der Waals surface area contributed by atoms with Gasteiger partial charge >= 0.3 is 0 Å². The van der Waals surface area contributed by atoms with E-state index < -0.39 is 0 Å². The van der Waals surface area contributed by atoms with Crippen molar-refractivity contribution in [2.45, 2.75) is 44.6 Å². The first-order valence-corrected chi connectivity index (χ1v) is 7.46. The van der Waals surface area contributed by atoms with Crippen LogP contribution in [0.1, 0.15) is 50.7 Å². The molecule has 0 radical (unpaired) electrons. The second-order valence-electron chi connectivity index (χ2n) is 5.22. The Kier molecular flexibility index (Phi) is 3.53. The van der Waals surface area contributed by atoms with E-state index in [4.69, 9.17) is 0 Å². The van der Waals surface area contributed by atoms with E-state index in [9.17, 15) is 0 Å². The number of nitrogens with one attached hydrogen (secondary N) is 1. The van der Waals surface area contributed by atoms with Crippen molar-refractivity contribution >= 4 is 22.7 Å². The van der Waals surface area contributed by atoms with Crippen molar-refractivity contribution in [2.24, 2.45) is 0 Å². The van der Waals surface area contributed by atoms with Crippen LogP contribution in [0, 0.1) is 0 Å². The van der Waals surface area contributed by atoms with Crippen LogP contribution in [0.4, 0.5) is 0 Å². The van der Waals surface area contributed by atoms with Crippen molar-refractivity contribution < 1.29 is 0 Å². The Labute approximate surface area is 108 Å². The Hall–Kier alpha value is -0.890. The molecule has 1 aromatic heterocycles. The zero-order chi connectivity index (χ0) is 12.6. The van der Waals surface area contributed by atoms with Crippen molar-refractivity contribution in [1.82, 2.24) is 4.98 Å². The lowest BCUT2D eigenvalue weighted by Crippen LogP contribution is -1.98. The van der Waals surface area contributed by atoms with E-state index in [0.717, 1.165) is 0 Å². The van der Waals surface area contributed by atoms with Gasteiger partial charge in [-0.2, -0.15) is 0 Å². The zero-order valence-electron chi connectivity index (χ0n) is 11.3. The summed E-state index contributed by atoms with van der Waals surface area (Å²) in [7, 11) is 0. The van der Waals surface area contributed by atoms with Crippen LogP contribution in [0.15, 0.2) is 23.2 Å². The van der Waals surface area contributed by atoms with E-state index in [-0.39, 0.29) is 0 Å². The molecule has 92 valence electrons. The number of hydrogen-bond acceptors (Lipinski definition) is 1. The first-order valence-electron chi connectivity index (χ1n) is 6.23. The monoisotopic (exact) mass is 247 g/mol. The van der Waals surface area contributed by atoms with E-state index in [0.29, 0.717) is 11.8 Å². The fraction of sp³-hybridized carbons (Fsp3) is 0.467. The van der Waals surface area contributed by atoms with Crippen LogP contribution in [0.5, 0.6) is 0 Å². The Bertz CT molecular complexity index is 478. The van der Waals surface area contributed by atoms with E-state index >= 15 is 0 Å². The van der Waals surface area contributed by atoms with E-state index in [1.165, 1.54) is 27.1 Å². The number of H-pyrrole nitrogens is 1. The fourth-order valence-corrected chi connectivity index (χ4v) is 2.76. The van der Waals surface area contributed by atoms with Gasteiger partial charge in [0.05, 0.1) is 5.03 Å². The van der Waals surface area contributed by atoms with Crippen LogP contribution >= 0.6 is 11.8 Å². The van der Waals surface area contributed by atoms with E-state index in [1.54, 1.807) is 11.8 Å². The quantitative estimate of drug-likeness (QED) is 0.743. The Morgan fingerprint density at radius 2 is 1.53 bits per heavy atom. The minimum atomic E-state index is 0.581. The summed E-state index contributed by atoms with van der Waals surface area (Å²) in [5.74, 6) is 1.17. The van der Waals surface area contributed by atoms with Gasteiger partial charge in [-0.15, -0.1) is 11.8 Å². The van der Waals surface area contributed by atoms with Crippen LogP contribution < -0.4 is 0 Å². The summed E-state index contributed by atoms with van der Waals surface area (Å²) in [6.07, 6.45) is 2.11. The maximum atomic E-state index is 3.47. The summed E-state index contributed by atoms with van der Waals surface area (Å²) in [6.45, 7) is 9.08. The molecule has 2 heteroatoms. The maximum absolute atomic E-state index is 3.47. The summed E-state index contributed by atoms with van der Waals surface area (Å²) in [5.41, 5.74) is 4.23. The van der Waals surface area contributed by atoms with Crippen LogP contribution in [0.25, 0.3) is 10.9 Å². The largest absolute Gasteiger partial charge is 0.350 e. The number of aromatic amines is 1. The molecule has 0 saturated carbocycles. The average Bonchev–Trinajstić information content (AvgIpc) is 2.68. The third kappa shape index (κ3) is 2.37. The second-order valence-corrected chi connectivity index (χ2v) is 6.06.